The molecule has 0 unspecified atom stereocenters. The SMILES string of the molecule is CCc1ccc(N2C[C@H](C(=O)N/N=C/c3cc(OC)ccc3OC)CC2=O)cc1. The van der Waals surface area contributed by atoms with E-state index in [-0.39, 0.29) is 18.2 Å². The van der Waals surface area contributed by atoms with Crippen LogP contribution in [0.2, 0.25) is 0 Å². The fraction of sp³-hybridized carbons (Fsp3) is 0.318. The van der Waals surface area contributed by atoms with Crippen LogP contribution in [0.3, 0.4) is 0 Å². The van der Waals surface area contributed by atoms with Gasteiger partial charge in [-0.2, -0.15) is 5.10 Å². The van der Waals surface area contributed by atoms with Crippen LogP contribution < -0.4 is 19.8 Å². The first-order valence-electron chi connectivity index (χ1n) is 9.50. The molecular weight excluding hydrogens is 370 g/mol. The van der Waals surface area contributed by atoms with Crippen molar-refractivity contribution in [3.63, 3.8) is 0 Å². The van der Waals surface area contributed by atoms with Crippen LogP contribution in [0.5, 0.6) is 11.5 Å². The van der Waals surface area contributed by atoms with Crippen molar-refractivity contribution in [1.29, 1.82) is 0 Å². The highest BCUT2D eigenvalue weighted by Gasteiger charge is 2.35. The topological polar surface area (TPSA) is 80.2 Å². The summed E-state index contributed by atoms with van der Waals surface area (Å²) in [5.74, 6) is 0.473. The van der Waals surface area contributed by atoms with Gasteiger partial charge in [0.2, 0.25) is 11.8 Å². The molecule has 0 radical (unpaired) electrons. The van der Waals surface area contributed by atoms with E-state index >= 15 is 0 Å². The Morgan fingerprint density at radius 3 is 2.62 bits per heavy atom. The van der Waals surface area contributed by atoms with E-state index in [1.54, 1.807) is 37.3 Å². The Morgan fingerprint density at radius 1 is 1.21 bits per heavy atom. The Labute approximate surface area is 170 Å². The number of rotatable bonds is 7. The van der Waals surface area contributed by atoms with Gasteiger partial charge in [-0.15, -0.1) is 0 Å². The average molecular weight is 395 g/mol. The van der Waals surface area contributed by atoms with Crippen molar-refractivity contribution >= 4 is 23.7 Å². The number of carbonyl (C=O) groups excluding carboxylic acids is 2. The highest BCUT2D eigenvalue weighted by atomic mass is 16.5. The molecule has 1 heterocycles. The van der Waals surface area contributed by atoms with Crippen LogP contribution in [0.15, 0.2) is 47.6 Å². The van der Waals surface area contributed by atoms with Gasteiger partial charge in [0.05, 0.1) is 26.4 Å². The summed E-state index contributed by atoms with van der Waals surface area (Å²) in [6.45, 7) is 2.42. The maximum atomic E-state index is 12.5. The lowest BCUT2D eigenvalue weighted by atomic mass is 10.1. The van der Waals surface area contributed by atoms with Crippen LogP contribution >= 0.6 is 0 Å². The second kappa shape index (κ2) is 9.23. The Kier molecular flexibility index (Phi) is 6.49. The maximum absolute atomic E-state index is 12.5. The summed E-state index contributed by atoms with van der Waals surface area (Å²) >= 11 is 0. The van der Waals surface area contributed by atoms with E-state index in [1.807, 2.05) is 24.3 Å². The monoisotopic (exact) mass is 395 g/mol. The fourth-order valence-corrected chi connectivity index (χ4v) is 3.24. The first-order chi connectivity index (χ1) is 14.0. The third-order valence-corrected chi connectivity index (χ3v) is 4.97. The molecule has 1 atom stereocenters. The number of aryl methyl sites for hydroxylation is 1. The Bertz CT molecular complexity index is 909. The van der Waals surface area contributed by atoms with Gasteiger partial charge in [0.15, 0.2) is 0 Å². The van der Waals surface area contributed by atoms with Crippen LogP contribution in [0.25, 0.3) is 0 Å². The molecule has 1 fully saturated rings. The minimum Gasteiger partial charge on any atom is -0.497 e. The van der Waals surface area contributed by atoms with Gasteiger partial charge in [0, 0.05) is 24.2 Å². The molecule has 29 heavy (non-hydrogen) atoms. The smallest absolute Gasteiger partial charge is 0.245 e. The van der Waals surface area contributed by atoms with Gasteiger partial charge < -0.3 is 14.4 Å². The van der Waals surface area contributed by atoms with Crippen molar-refractivity contribution in [3.05, 3.63) is 53.6 Å². The number of methoxy groups -OCH3 is 2. The molecule has 1 N–H and O–H groups in total. The van der Waals surface area contributed by atoms with Crippen molar-refractivity contribution in [1.82, 2.24) is 5.43 Å². The first-order valence-corrected chi connectivity index (χ1v) is 9.50. The highest BCUT2D eigenvalue weighted by molar-refractivity contribution is 6.00. The Morgan fingerprint density at radius 2 is 1.97 bits per heavy atom. The molecule has 0 bridgehead atoms. The summed E-state index contributed by atoms with van der Waals surface area (Å²) in [7, 11) is 3.13. The molecule has 1 aliphatic heterocycles. The quantitative estimate of drug-likeness (QED) is 0.577. The molecule has 2 aromatic carbocycles. The maximum Gasteiger partial charge on any atom is 0.245 e. The second-order valence-corrected chi connectivity index (χ2v) is 6.77. The van der Waals surface area contributed by atoms with Gasteiger partial charge >= 0.3 is 0 Å². The number of nitrogens with zero attached hydrogens (tertiary/aromatic N) is 2. The number of hydrogen-bond donors (Lipinski definition) is 1. The largest absolute Gasteiger partial charge is 0.497 e. The van der Waals surface area contributed by atoms with Crippen LogP contribution in [-0.2, 0) is 16.0 Å². The number of anilines is 1. The van der Waals surface area contributed by atoms with Gasteiger partial charge in [0.25, 0.3) is 0 Å². The van der Waals surface area contributed by atoms with Crippen molar-refractivity contribution < 1.29 is 19.1 Å². The Balaban J connectivity index is 1.63. The molecule has 0 spiro atoms. The van der Waals surface area contributed by atoms with Crippen molar-refractivity contribution in [2.45, 2.75) is 19.8 Å². The molecule has 2 amide bonds. The number of benzene rings is 2. The van der Waals surface area contributed by atoms with E-state index in [9.17, 15) is 9.59 Å². The van der Waals surface area contributed by atoms with E-state index < -0.39 is 5.92 Å². The predicted octanol–water partition coefficient (Wildman–Crippen LogP) is 2.77. The van der Waals surface area contributed by atoms with E-state index in [2.05, 4.69) is 17.5 Å². The Hall–Kier alpha value is -3.35. The van der Waals surface area contributed by atoms with Crippen molar-refractivity contribution in [3.8, 4) is 11.5 Å². The standard InChI is InChI=1S/C22H25N3O4/c1-4-15-5-7-18(8-6-15)25-14-17(12-21(25)26)22(27)24-23-13-16-11-19(28-2)9-10-20(16)29-3/h5-11,13,17H,4,12,14H2,1-3H3,(H,24,27)/b23-13+/t17-/m1/s1. The number of ether oxygens (including phenoxy) is 2. The van der Waals surface area contributed by atoms with Gasteiger partial charge in [-0.05, 0) is 42.3 Å². The van der Waals surface area contributed by atoms with E-state index in [0.717, 1.165) is 12.1 Å². The molecule has 1 aliphatic rings. The zero-order valence-corrected chi connectivity index (χ0v) is 16.8. The van der Waals surface area contributed by atoms with Crippen LogP contribution in [0, 0.1) is 5.92 Å². The predicted molar refractivity (Wildman–Crippen MR) is 112 cm³/mol. The lowest BCUT2D eigenvalue weighted by Crippen LogP contribution is -2.30. The molecule has 152 valence electrons. The van der Waals surface area contributed by atoms with Gasteiger partial charge in [0.1, 0.15) is 11.5 Å². The minimum absolute atomic E-state index is 0.0622. The molecule has 3 rings (SSSR count). The molecular formula is C22H25N3O4. The molecule has 2 aromatic rings. The molecule has 7 nitrogen and oxygen atoms in total. The van der Waals surface area contributed by atoms with Gasteiger partial charge in [-0.1, -0.05) is 19.1 Å². The number of hydrogen-bond acceptors (Lipinski definition) is 5. The highest BCUT2D eigenvalue weighted by Crippen LogP contribution is 2.26. The average Bonchev–Trinajstić information content (AvgIpc) is 3.15. The molecule has 1 saturated heterocycles. The lowest BCUT2D eigenvalue weighted by Gasteiger charge is -2.16. The second-order valence-electron chi connectivity index (χ2n) is 6.77. The summed E-state index contributed by atoms with van der Waals surface area (Å²) in [5.41, 5.74) is 5.22. The number of amides is 2. The number of hydrazone groups is 1. The summed E-state index contributed by atoms with van der Waals surface area (Å²) in [5, 5.41) is 4.03. The van der Waals surface area contributed by atoms with E-state index in [1.165, 1.54) is 11.8 Å². The molecule has 0 saturated carbocycles. The van der Waals surface area contributed by atoms with E-state index in [0.29, 0.717) is 23.6 Å². The first kappa shape index (κ1) is 20.4. The third-order valence-electron chi connectivity index (χ3n) is 4.97. The van der Waals surface area contributed by atoms with Crippen molar-refractivity contribution in [2.24, 2.45) is 11.0 Å². The zero-order valence-electron chi connectivity index (χ0n) is 16.8. The molecule has 0 aromatic heterocycles. The number of nitrogens with one attached hydrogen (secondary N) is 1. The summed E-state index contributed by atoms with van der Waals surface area (Å²) in [6, 6.07) is 13.1. The van der Waals surface area contributed by atoms with Crippen LogP contribution in [-0.4, -0.2) is 38.8 Å². The number of carbonyl (C=O) groups is 2. The normalized spacial score (nSPS) is 16.3. The van der Waals surface area contributed by atoms with Gasteiger partial charge in [-0.3, -0.25) is 9.59 Å². The van der Waals surface area contributed by atoms with Gasteiger partial charge in [-0.25, -0.2) is 5.43 Å². The van der Waals surface area contributed by atoms with E-state index in [4.69, 9.17) is 9.47 Å². The van der Waals surface area contributed by atoms with Crippen molar-refractivity contribution in [2.75, 3.05) is 25.7 Å². The fourth-order valence-electron chi connectivity index (χ4n) is 3.24. The summed E-state index contributed by atoms with van der Waals surface area (Å²) in [6.07, 6.45) is 2.60. The molecule has 7 heteroatoms. The van der Waals surface area contributed by atoms with Crippen LogP contribution in [0.1, 0.15) is 24.5 Å². The summed E-state index contributed by atoms with van der Waals surface area (Å²) in [4.78, 5) is 26.5. The third kappa shape index (κ3) is 4.74. The zero-order chi connectivity index (χ0) is 20.8. The minimum atomic E-state index is -0.447. The summed E-state index contributed by atoms with van der Waals surface area (Å²) < 4.78 is 10.5. The van der Waals surface area contributed by atoms with Crippen LogP contribution in [0.4, 0.5) is 5.69 Å². The lowest BCUT2D eigenvalue weighted by molar-refractivity contribution is -0.126. The molecule has 0 aliphatic carbocycles.